The Hall–Kier alpha value is -1.34. The Kier molecular flexibility index (Phi) is 3.93. The van der Waals surface area contributed by atoms with Crippen LogP contribution in [0.15, 0.2) is 0 Å². The van der Waals surface area contributed by atoms with Gasteiger partial charge in [0, 0.05) is 38.1 Å². The van der Waals surface area contributed by atoms with E-state index in [1.165, 1.54) is 4.90 Å². The summed E-state index contributed by atoms with van der Waals surface area (Å²) in [5, 5.41) is 18.8. The molecule has 0 unspecified atom stereocenters. The van der Waals surface area contributed by atoms with E-state index in [4.69, 9.17) is 5.11 Å². The summed E-state index contributed by atoms with van der Waals surface area (Å²) in [6.45, 7) is 6.11. The molecule has 2 aliphatic heterocycles. The molecule has 2 aliphatic rings. The molecule has 0 bridgehead atoms. The van der Waals surface area contributed by atoms with Crippen molar-refractivity contribution in [2.75, 3.05) is 33.2 Å². The lowest BCUT2D eigenvalue weighted by Gasteiger charge is -2.46. The summed E-state index contributed by atoms with van der Waals surface area (Å²) >= 11 is 0. The number of hydrogen-bond acceptors (Lipinski definition) is 4. The zero-order valence-corrected chi connectivity index (χ0v) is 12.2. The molecule has 7 heteroatoms. The minimum absolute atomic E-state index is 0.0998. The first-order valence-electron chi connectivity index (χ1n) is 6.90. The molecule has 2 N–H and O–H groups in total. The lowest BCUT2D eigenvalue weighted by atomic mass is 10.00. The van der Waals surface area contributed by atoms with Gasteiger partial charge in [-0.15, -0.1) is 0 Å². The van der Waals surface area contributed by atoms with Gasteiger partial charge in [0.05, 0.1) is 6.10 Å². The molecule has 2 atom stereocenters. The zero-order chi connectivity index (χ0) is 15.1. The molecule has 7 nitrogen and oxygen atoms in total. The Morgan fingerprint density at radius 3 is 2.45 bits per heavy atom. The number of rotatable bonds is 1. The number of likely N-dealkylation sites (tertiary alicyclic amines) is 1. The summed E-state index contributed by atoms with van der Waals surface area (Å²) in [6.07, 6.45) is -0.640. The van der Waals surface area contributed by atoms with Gasteiger partial charge in [0.2, 0.25) is 0 Å². The Bertz CT molecular complexity index is 412. The molecule has 114 valence electrons. The SMILES string of the molecule is CN1CCN(C(=O)N2C[C@H](O)C[C@H]2C(=O)O)CC1(C)C. The van der Waals surface area contributed by atoms with Gasteiger partial charge in [-0.2, -0.15) is 0 Å². The summed E-state index contributed by atoms with van der Waals surface area (Å²) in [6, 6.07) is -1.20. The Balaban J connectivity index is 2.09. The maximum absolute atomic E-state index is 12.5. The summed E-state index contributed by atoms with van der Waals surface area (Å²) in [5.74, 6) is -1.05. The van der Waals surface area contributed by atoms with Crippen molar-refractivity contribution in [3.8, 4) is 0 Å². The van der Waals surface area contributed by atoms with Crippen molar-refractivity contribution in [1.29, 1.82) is 0 Å². The number of piperazine rings is 1. The minimum atomic E-state index is -1.05. The molecule has 0 spiro atoms. The number of urea groups is 1. The topological polar surface area (TPSA) is 84.3 Å². The van der Waals surface area contributed by atoms with E-state index in [2.05, 4.69) is 18.7 Å². The van der Waals surface area contributed by atoms with E-state index in [0.29, 0.717) is 13.1 Å². The number of carbonyl (C=O) groups is 2. The highest BCUT2D eigenvalue weighted by molar-refractivity contribution is 5.83. The van der Waals surface area contributed by atoms with E-state index in [0.717, 1.165) is 6.54 Å². The van der Waals surface area contributed by atoms with Crippen LogP contribution in [0.3, 0.4) is 0 Å². The molecule has 2 amide bonds. The van der Waals surface area contributed by atoms with E-state index >= 15 is 0 Å². The van der Waals surface area contributed by atoms with Gasteiger partial charge < -0.3 is 20.0 Å². The Morgan fingerprint density at radius 1 is 1.25 bits per heavy atom. The Morgan fingerprint density at radius 2 is 1.90 bits per heavy atom. The van der Waals surface area contributed by atoms with Crippen LogP contribution in [-0.2, 0) is 4.79 Å². The van der Waals surface area contributed by atoms with E-state index in [1.807, 2.05) is 7.05 Å². The van der Waals surface area contributed by atoms with Crippen molar-refractivity contribution in [2.45, 2.75) is 38.0 Å². The number of aliphatic carboxylic acids is 1. The molecule has 0 aromatic rings. The number of carbonyl (C=O) groups excluding carboxylic acids is 1. The van der Waals surface area contributed by atoms with Crippen LogP contribution in [0.4, 0.5) is 4.79 Å². The normalized spacial score (nSPS) is 30.6. The lowest BCUT2D eigenvalue weighted by molar-refractivity contribution is -0.141. The molecule has 0 radical (unpaired) electrons. The minimum Gasteiger partial charge on any atom is -0.480 e. The number of aliphatic hydroxyl groups is 1. The monoisotopic (exact) mass is 285 g/mol. The average Bonchev–Trinajstić information content (AvgIpc) is 2.74. The van der Waals surface area contributed by atoms with Gasteiger partial charge in [0.25, 0.3) is 0 Å². The lowest BCUT2D eigenvalue weighted by Crippen LogP contribution is -2.61. The number of amides is 2. The van der Waals surface area contributed by atoms with E-state index in [9.17, 15) is 14.7 Å². The maximum atomic E-state index is 12.5. The van der Waals surface area contributed by atoms with Crippen LogP contribution in [0.1, 0.15) is 20.3 Å². The van der Waals surface area contributed by atoms with Gasteiger partial charge in [-0.05, 0) is 20.9 Å². The fraction of sp³-hybridized carbons (Fsp3) is 0.846. The van der Waals surface area contributed by atoms with Gasteiger partial charge in [-0.3, -0.25) is 4.90 Å². The highest BCUT2D eigenvalue weighted by Crippen LogP contribution is 2.24. The zero-order valence-electron chi connectivity index (χ0n) is 12.2. The molecule has 0 aliphatic carbocycles. The third-order valence-corrected chi connectivity index (χ3v) is 4.40. The van der Waals surface area contributed by atoms with Crippen molar-refractivity contribution < 1.29 is 19.8 Å². The number of carboxylic acids is 1. The first-order valence-corrected chi connectivity index (χ1v) is 6.90. The van der Waals surface area contributed by atoms with Crippen LogP contribution in [-0.4, -0.2) is 87.8 Å². The second-order valence-electron chi connectivity index (χ2n) is 6.33. The second-order valence-corrected chi connectivity index (χ2v) is 6.33. The Labute approximate surface area is 118 Å². The van der Waals surface area contributed by atoms with E-state index in [1.54, 1.807) is 4.90 Å². The highest BCUT2D eigenvalue weighted by Gasteiger charge is 2.42. The molecular weight excluding hydrogens is 262 g/mol. The number of aliphatic hydroxyl groups excluding tert-OH is 1. The van der Waals surface area contributed by atoms with Crippen molar-refractivity contribution in [3.05, 3.63) is 0 Å². The fourth-order valence-electron chi connectivity index (χ4n) is 2.84. The quantitative estimate of drug-likeness (QED) is 0.688. The largest absolute Gasteiger partial charge is 0.480 e. The third kappa shape index (κ3) is 2.73. The predicted molar refractivity (Wildman–Crippen MR) is 72.4 cm³/mol. The summed E-state index contributed by atoms with van der Waals surface area (Å²) < 4.78 is 0. The van der Waals surface area contributed by atoms with Crippen molar-refractivity contribution in [1.82, 2.24) is 14.7 Å². The van der Waals surface area contributed by atoms with Crippen LogP contribution < -0.4 is 0 Å². The summed E-state index contributed by atoms with van der Waals surface area (Å²) in [5.41, 5.74) is -0.134. The molecule has 2 rings (SSSR count). The van der Waals surface area contributed by atoms with Gasteiger partial charge in [-0.1, -0.05) is 0 Å². The van der Waals surface area contributed by atoms with Crippen molar-refractivity contribution >= 4 is 12.0 Å². The van der Waals surface area contributed by atoms with Crippen LogP contribution in [0.5, 0.6) is 0 Å². The number of hydrogen-bond donors (Lipinski definition) is 2. The molecular formula is C13H23N3O4. The van der Waals surface area contributed by atoms with Crippen LogP contribution in [0.25, 0.3) is 0 Å². The van der Waals surface area contributed by atoms with Crippen LogP contribution >= 0.6 is 0 Å². The van der Waals surface area contributed by atoms with Crippen molar-refractivity contribution in [2.24, 2.45) is 0 Å². The second kappa shape index (κ2) is 5.21. The van der Waals surface area contributed by atoms with Gasteiger partial charge >= 0.3 is 12.0 Å². The fourth-order valence-corrected chi connectivity index (χ4v) is 2.84. The molecule has 2 heterocycles. The number of carboxylic acid groups (broad SMARTS) is 1. The predicted octanol–water partition coefficient (Wildman–Crippen LogP) is -0.348. The van der Waals surface area contributed by atoms with Crippen LogP contribution in [0, 0.1) is 0 Å². The molecule has 0 saturated carbocycles. The summed E-state index contributed by atoms with van der Waals surface area (Å²) in [7, 11) is 2.02. The van der Waals surface area contributed by atoms with E-state index in [-0.39, 0.29) is 24.5 Å². The molecule has 0 aromatic heterocycles. The van der Waals surface area contributed by atoms with E-state index < -0.39 is 18.1 Å². The first kappa shape index (κ1) is 15.1. The van der Waals surface area contributed by atoms with Crippen molar-refractivity contribution in [3.63, 3.8) is 0 Å². The number of likely N-dealkylation sites (N-methyl/N-ethyl adjacent to an activating group) is 1. The standard InChI is InChI=1S/C13H23N3O4/c1-13(2)8-15(5-4-14(13)3)12(20)16-7-9(17)6-10(16)11(18)19/h9-10,17H,4-8H2,1-3H3,(H,18,19)/t9-,10+/m1/s1. The highest BCUT2D eigenvalue weighted by atomic mass is 16.4. The average molecular weight is 285 g/mol. The number of nitrogens with zero attached hydrogens (tertiary/aromatic N) is 3. The molecule has 2 saturated heterocycles. The summed E-state index contributed by atoms with van der Waals surface area (Å²) in [4.78, 5) is 28.9. The molecule has 20 heavy (non-hydrogen) atoms. The van der Waals surface area contributed by atoms with Crippen LogP contribution in [0.2, 0.25) is 0 Å². The number of β-amino-alcohol motifs (C(OH)–C–C–N with tert-alkyl or cyclic N) is 1. The molecule has 0 aromatic carbocycles. The smallest absolute Gasteiger partial charge is 0.326 e. The third-order valence-electron chi connectivity index (χ3n) is 4.40. The maximum Gasteiger partial charge on any atom is 0.326 e. The first-order chi connectivity index (χ1) is 9.22. The van der Waals surface area contributed by atoms with Gasteiger partial charge in [0.15, 0.2) is 0 Å². The van der Waals surface area contributed by atoms with Gasteiger partial charge in [-0.25, -0.2) is 9.59 Å². The van der Waals surface area contributed by atoms with Gasteiger partial charge in [0.1, 0.15) is 6.04 Å². The molecule has 2 fully saturated rings.